The average molecular weight is 232 g/mol. The van der Waals surface area contributed by atoms with Crippen LogP contribution in [0.15, 0.2) is 12.3 Å². The minimum absolute atomic E-state index is 0.149. The molecule has 1 aromatic heterocycles. The number of carbonyl (C=O) groups excluding carboxylic acids is 1. The van der Waals surface area contributed by atoms with Crippen molar-refractivity contribution in [1.29, 1.82) is 0 Å². The summed E-state index contributed by atoms with van der Waals surface area (Å²) in [6.07, 6.45) is 6.70. The van der Waals surface area contributed by atoms with Crippen molar-refractivity contribution in [3.05, 3.63) is 18.1 Å². The smallest absolute Gasteiger partial charge is 0.240 e. The third-order valence-electron chi connectivity index (χ3n) is 2.01. The number of carbonyl (C=O) groups is 1. The number of nitrogens with zero attached hydrogens (tertiary/aromatic N) is 2. The maximum absolute atomic E-state index is 11.3. The number of nitrogens with one attached hydrogen (secondary N) is 2. The van der Waals surface area contributed by atoms with Crippen LogP contribution in [0.4, 0.5) is 5.82 Å². The summed E-state index contributed by atoms with van der Waals surface area (Å²) >= 11 is 0. The highest BCUT2D eigenvalue weighted by molar-refractivity contribution is 5.80. The molecule has 0 spiro atoms. The zero-order valence-corrected chi connectivity index (χ0v) is 10.0. The van der Waals surface area contributed by atoms with Gasteiger partial charge in [-0.2, -0.15) is 0 Å². The Morgan fingerprint density at radius 1 is 1.59 bits per heavy atom. The molecule has 0 saturated carbocycles. The van der Waals surface area contributed by atoms with Crippen LogP contribution < -0.4 is 10.6 Å². The van der Waals surface area contributed by atoms with Crippen LogP contribution in [0.3, 0.4) is 0 Å². The van der Waals surface area contributed by atoms with Crippen molar-refractivity contribution in [2.75, 3.05) is 18.4 Å². The number of amides is 1. The number of hydrogen-bond donors (Lipinski definition) is 2. The van der Waals surface area contributed by atoms with Gasteiger partial charge in [0.1, 0.15) is 11.6 Å². The number of rotatable bonds is 5. The first kappa shape index (κ1) is 13.0. The Balaban J connectivity index is 2.49. The summed E-state index contributed by atoms with van der Waals surface area (Å²) in [6.45, 7) is 4.41. The minimum atomic E-state index is -0.160. The first-order valence-corrected chi connectivity index (χ1v) is 5.40. The van der Waals surface area contributed by atoms with Crippen LogP contribution in [-0.4, -0.2) is 29.0 Å². The summed E-state index contributed by atoms with van der Waals surface area (Å²) < 4.78 is 0. The van der Waals surface area contributed by atoms with Gasteiger partial charge >= 0.3 is 0 Å². The molecule has 0 bridgehead atoms. The van der Waals surface area contributed by atoms with E-state index in [0.717, 1.165) is 5.82 Å². The van der Waals surface area contributed by atoms with Gasteiger partial charge in [-0.25, -0.2) is 9.97 Å². The molecule has 0 aliphatic heterocycles. The van der Waals surface area contributed by atoms with Crippen LogP contribution in [0.1, 0.15) is 25.6 Å². The summed E-state index contributed by atoms with van der Waals surface area (Å²) in [7, 11) is 0. The second-order valence-electron chi connectivity index (χ2n) is 3.79. The summed E-state index contributed by atoms with van der Waals surface area (Å²) in [5.74, 6) is 3.82. The lowest BCUT2D eigenvalue weighted by atomic mass is 10.2. The van der Waals surface area contributed by atoms with E-state index < -0.39 is 0 Å². The van der Waals surface area contributed by atoms with Crippen molar-refractivity contribution in [2.24, 2.45) is 0 Å². The monoisotopic (exact) mass is 232 g/mol. The molecular formula is C12H16N4O. The molecular weight excluding hydrogens is 216 g/mol. The van der Waals surface area contributed by atoms with Gasteiger partial charge in [0.15, 0.2) is 0 Å². The van der Waals surface area contributed by atoms with E-state index in [9.17, 15) is 4.79 Å². The molecule has 90 valence electrons. The molecule has 0 saturated heterocycles. The molecule has 1 aromatic rings. The summed E-state index contributed by atoms with van der Waals surface area (Å²) in [6, 6.07) is 1.72. The lowest BCUT2D eigenvalue weighted by Crippen LogP contribution is -2.30. The Morgan fingerprint density at radius 3 is 3.00 bits per heavy atom. The van der Waals surface area contributed by atoms with Crippen LogP contribution >= 0.6 is 0 Å². The van der Waals surface area contributed by atoms with Gasteiger partial charge < -0.3 is 10.6 Å². The molecule has 0 unspecified atom stereocenters. The fraction of sp³-hybridized carbons (Fsp3) is 0.417. The van der Waals surface area contributed by atoms with Crippen molar-refractivity contribution in [1.82, 2.24) is 15.3 Å². The average Bonchev–Trinajstić information content (AvgIpc) is 2.34. The lowest BCUT2D eigenvalue weighted by molar-refractivity contribution is -0.119. The van der Waals surface area contributed by atoms with Gasteiger partial charge in [0.2, 0.25) is 5.91 Å². The highest BCUT2D eigenvalue weighted by atomic mass is 16.1. The normalized spacial score (nSPS) is 9.76. The van der Waals surface area contributed by atoms with Crippen LogP contribution in [0, 0.1) is 12.3 Å². The number of anilines is 1. The van der Waals surface area contributed by atoms with E-state index in [0.29, 0.717) is 5.82 Å². The van der Waals surface area contributed by atoms with E-state index in [1.165, 1.54) is 0 Å². The number of aromatic nitrogens is 2. The number of hydrogen-bond acceptors (Lipinski definition) is 4. The molecule has 17 heavy (non-hydrogen) atoms. The SMILES string of the molecule is C#CCNC(=O)CNc1ccnc(C(C)C)n1. The molecule has 5 nitrogen and oxygen atoms in total. The van der Waals surface area contributed by atoms with Gasteiger partial charge in [-0.15, -0.1) is 6.42 Å². The highest BCUT2D eigenvalue weighted by Gasteiger charge is 2.04. The van der Waals surface area contributed by atoms with Crippen LogP contribution in [0.5, 0.6) is 0 Å². The Labute approximate surface area is 101 Å². The Bertz CT molecular complexity index is 423. The quantitative estimate of drug-likeness (QED) is 0.736. The van der Waals surface area contributed by atoms with E-state index in [1.807, 2.05) is 13.8 Å². The highest BCUT2D eigenvalue weighted by Crippen LogP contribution is 2.10. The zero-order valence-electron chi connectivity index (χ0n) is 10.0. The van der Waals surface area contributed by atoms with Crippen molar-refractivity contribution < 1.29 is 4.79 Å². The minimum Gasteiger partial charge on any atom is -0.361 e. The zero-order chi connectivity index (χ0) is 12.7. The van der Waals surface area contributed by atoms with Crippen molar-refractivity contribution >= 4 is 11.7 Å². The molecule has 1 heterocycles. The maximum Gasteiger partial charge on any atom is 0.240 e. The third-order valence-corrected chi connectivity index (χ3v) is 2.01. The molecule has 2 N–H and O–H groups in total. The fourth-order valence-corrected chi connectivity index (χ4v) is 1.13. The summed E-state index contributed by atoms with van der Waals surface area (Å²) in [5.41, 5.74) is 0. The van der Waals surface area contributed by atoms with E-state index in [1.54, 1.807) is 12.3 Å². The maximum atomic E-state index is 11.3. The second-order valence-corrected chi connectivity index (χ2v) is 3.79. The summed E-state index contributed by atoms with van der Waals surface area (Å²) in [5, 5.41) is 5.48. The van der Waals surface area contributed by atoms with E-state index >= 15 is 0 Å². The molecule has 0 fully saturated rings. The number of terminal acetylenes is 1. The standard InChI is InChI=1S/C12H16N4O/c1-4-6-13-11(17)8-15-10-5-7-14-12(16-10)9(2)3/h1,5,7,9H,6,8H2,2-3H3,(H,13,17)(H,14,15,16). The van der Waals surface area contributed by atoms with Crippen molar-refractivity contribution in [2.45, 2.75) is 19.8 Å². The van der Waals surface area contributed by atoms with Gasteiger partial charge in [0.25, 0.3) is 0 Å². The van der Waals surface area contributed by atoms with Crippen LogP contribution in [0.2, 0.25) is 0 Å². The summed E-state index contributed by atoms with van der Waals surface area (Å²) in [4.78, 5) is 19.7. The molecule has 0 aliphatic carbocycles. The lowest BCUT2D eigenvalue weighted by Gasteiger charge is -2.08. The van der Waals surface area contributed by atoms with Gasteiger partial charge in [-0.1, -0.05) is 19.8 Å². The molecule has 0 radical (unpaired) electrons. The van der Waals surface area contributed by atoms with E-state index in [4.69, 9.17) is 6.42 Å². The first-order chi connectivity index (χ1) is 8.13. The predicted molar refractivity (Wildman–Crippen MR) is 66.5 cm³/mol. The molecule has 0 aromatic carbocycles. The molecule has 0 atom stereocenters. The van der Waals surface area contributed by atoms with E-state index in [2.05, 4.69) is 26.5 Å². The Hall–Kier alpha value is -2.09. The van der Waals surface area contributed by atoms with Crippen LogP contribution in [-0.2, 0) is 4.79 Å². The molecule has 5 heteroatoms. The molecule has 1 rings (SSSR count). The van der Waals surface area contributed by atoms with Crippen molar-refractivity contribution in [3.63, 3.8) is 0 Å². The van der Waals surface area contributed by atoms with Gasteiger partial charge in [-0.3, -0.25) is 4.79 Å². The second kappa shape index (κ2) is 6.48. The largest absolute Gasteiger partial charge is 0.361 e. The van der Waals surface area contributed by atoms with E-state index in [-0.39, 0.29) is 24.9 Å². The predicted octanol–water partition coefficient (Wildman–Crippen LogP) is 0.761. The fourth-order valence-electron chi connectivity index (χ4n) is 1.13. The van der Waals surface area contributed by atoms with Crippen molar-refractivity contribution in [3.8, 4) is 12.3 Å². The van der Waals surface area contributed by atoms with Gasteiger partial charge in [-0.05, 0) is 6.07 Å². The van der Waals surface area contributed by atoms with Gasteiger partial charge in [0, 0.05) is 12.1 Å². The Kier molecular flexibility index (Phi) is 4.95. The first-order valence-electron chi connectivity index (χ1n) is 5.40. The molecule has 0 aliphatic rings. The molecule has 1 amide bonds. The third kappa shape index (κ3) is 4.51. The Morgan fingerprint density at radius 2 is 2.35 bits per heavy atom. The topological polar surface area (TPSA) is 66.9 Å². The van der Waals surface area contributed by atoms with Gasteiger partial charge in [0.05, 0.1) is 13.1 Å². The van der Waals surface area contributed by atoms with Crippen LogP contribution in [0.25, 0.3) is 0 Å².